The van der Waals surface area contributed by atoms with Crippen molar-refractivity contribution in [1.29, 1.82) is 0 Å². The molecule has 1 aliphatic carbocycles. The van der Waals surface area contributed by atoms with Crippen LogP contribution in [0.3, 0.4) is 0 Å². The first-order chi connectivity index (χ1) is 8.45. The van der Waals surface area contributed by atoms with Gasteiger partial charge in [0.2, 0.25) is 0 Å². The first kappa shape index (κ1) is 12.7. The lowest BCUT2D eigenvalue weighted by Crippen LogP contribution is -2.30. The van der Waals surface area contributed by atoms with E-state index in [9.17, 15) is 14.7 Å². The smallest absolute Gasteiger partial charge is 0.356 e. The number of ether oxygens (including phenoxy) is 1. The van der Waals surface area contributed by atoms with Gasteiger partial charge in [-0.1, -0.05) is 0 Å². The number of allylic oxidation sites excluding steroid dienone is 2. The number of likely N-dealkylation sites (N-methyl/N-ethyl adjacent to an activating group) is 1. The summed E-state index contributed by atoms with van der Waals surface area (Å²) in [5, 5.41) is 8.45. The van der Waals surface area contributed by atoms with Crippen LogP contribution in [-0.4, -0.2) is 41.3 Å². The molecular weight excluding hydrogens is 258 g/mol. The second-order valence-electron chi connectivity index (χ2n) is 4.08. The standard InChI is InChI=1S/C12H12ClNO4/c1-14-5-6-3-9(15)8(13)4-7(6)11(18-2)10(14)12(16)17/h4-5,8H,3H2,1-2H3,(H,16,17). The topological polar surface area (TPSA) is 66.8 Å². The molecule has 5 nitrogen and oxygen atoms in total. The fourth-order valence-electron chi connectivity index (χ4n) is 2.10. The lowest BCUT2D eigenvalue weighted by atomic mass is 9.89. The highest BCUT2D eigenvalue weighted by molar-refractivity contribution is 6.33. The van der Waals surface area contributed by atoms with Crippen LogP contribution in [0.5, 0.6) is 0 Å². The third kappa shape index (κ3) is 1.90. The van der Waals surface area contributed by atoms with Crippen LogP contribution in [0, 0.1) is 0 Å². The molecule has 0 bridgehead atoms. The zero-order valence-electron chi connectivity index (χ0n) is 9.94. The Morgan fingerprint density at radius 1 is 1.61 bits per heavy atom. The van der Waals surface area contributed by atoms with Gasteiger partial charge in [-0.15, -0.1) is 11.6 Å². The summed E-state index contributed by atoms with van der Waals surface area (Å²) in [7, 11) is 3.00. The number of Topliss-reactive ketones (excluding diaryl/α,β-unsaturated/α-hetero) is 1. The van der Waals surface area contributed by atoms with Gasteiger partial charge < -0.3 is 14.7 Å². The minimum Gasteiger partial charge on any atom is -0.494 e. The minimum atomic E-state index is -1.09. The van der Waals surface area contributed by atoms with Crippen LogP contribution in [0.4, 0.5) is 0 Å². The van der Waals surface area contributed by atoms with E-state index >= 15 is 0 Å². The molecule has 18 heavy (non-hydrogen) atoms. The summed E-state index contributed by atoms with van der Waals surface area (Å²) < 4.78 is 5.17. The fraction of sp³-hybridized carbons (Fsp3) is 0.333. The van der Waals surface area contributed by atoms with E-state index < -0.39 is 11.3 Å². The average Bonchev–Trinajstić information content (AvgIpc) is 2.29. The maximum absolute atomic E-state index is 11.6. The summed E-state index contributed by atoms with van der Waals surface area (Å²) in [5.41, 5.74) is 1.35. The van der Waals surface area contributed by atoms with Crippen LogP contribution < -0.4 is 0 Å². The quantitative estimate of drug-likeness (QED) is 0.765. The molecule has 0 spiro atoms. The number of ketones is 1. The number of alkyl halides is 1. The molecule has 96 valence electrons. The Bertz CT molecular complexity index is 518. The van der Waals surface area contributed by atoms with Crippen molar-refractivity contribution >= 4 is 23.4 Å². The number of hydrogen-bond donors (Lipinski definition) is 1. The molecule has 1 atom stereocenters. The van der Waals surface area contributed by atoms with Crippen molar-refractivity contribution < 1.29 is 19.4 Å². The van der Waals surface area contributed by atoms with Gasteiger partial charge in [-0.05, 0) is 11.6 Å². The first-order valence-corrected chi connectivity index (χ1v) is 5.73. The SMILES string of the molecule is COC1=C(C(=O)O)N(C)C=C2CC(=O)C(Cl)C=C21. The second-order valence-corrected chi connectivity index (χ2v) is 4.55. The number of carboxylic acids is 1. The van der Waals surface area contributed by atoms with Crippen molar-refractivity contribution in [2.45, 2.75) is 11.8 Å². The first-order valence-electron chi connectivity index (χ1n) is 5.30. The van der Waals surface area contributed by atoms with E-state index in [1.807, 2.05) is 0 Å². The second kappa shape index (κ2) is 4.49. The number of nitrogens with zero attached hydrogens (tertiary/aromatic N) is 1. The molecule has 1 unspecified atom stereocenters. The Morgan fingerprint density at radius 3 is 2.83 bits per heavy atom. The van der Waals surface area contributed by atoms with Crippen molar-refractivity contribution in [3.8, 4) is 0 Å². The van der Waals surface area contributed by atoms with Crippen LogP contribution in [-0.2, 0) is 14.3 Å². The van der Waals surface area contributed by atoms with E-state index in [0.717, 1.165) is 5.57 Å². The van der Waals surface area contributed by atoms with Crippen LogP contribution in [0.1, 0.15) is 6.42 Å². The summed E-state index contributed by atoms with van der Waals surface area (Å²) in [6.45, 7) is 0. The molecule has 0 fully saturated rings. The lowest BCUT2D eigenvalue weighted by Gasteiger charge is -2.30. The highest BCUT2D eigenvalue weighted by atomic mass is 35.5. The molecule has 2 aliphatic rings. The van der Waals surface area contributed by atoms with E-state index in [4.69, 9.17) is 16.3 Å². The molecule has 0 aromatic carbocycles. The highest BCUT2D eigenvalue weighted by Crippen LogP contribution is 2.36. The molecule has 0 radical (unpaired) electrons. The van der Waals surface area contributed by atoms with E-state index in [2.05, 4.69) is 0 Å². The zero-order valence-corrected chi connectivity index (χ0v) is 10.7. The summed E-state index contributed by atoms with van der Waals surface area (Å²) in [6, 6.07) is 0. The number of rotatable bonds is 2. The van der Waals surface area contributed by atoms with Gasteiger partial charge in [-0.25, -0.2) is 4.79 Å². The number of carbonyl (C=O) groups excluding carboxylic acids is 1. The van der Waals surface area contributed by atoms with E-state index in [0.29, 0.717) is 5.57 Å². The zero-order chi connectivity index (χ0) is 13.4. The lowest BCUT2D eigenvalue weighted by molar-refractivity contribution is -0.134. The highest BCUT2D eigenvalue weighted by Gasteiger charge is 2.33. The molecule has 0 saturated carbocycles. The largest absolute Gasteiger partial charge is 0.494 e. The van der Waals surface area contributed by atoms with Gasteiger partial charge in [0.05, 0.1) is 7.11 Å². The fourth-order valence-corrected chi connectivity index (χ4v) is 2.31. The molecule has 0 aromatic heterocycles. The third-order valence-electron chi connectivity index (χ3n) is 2.90. The Hall–Kier alpha value is -1.75. The van der Waals surface area contributed by atoms with E-state index in [1.165, 1.54) is 18.1 Å². The predicted molar refractivity (Wildman–Crippen MR) is 64.9 cm³/mol. The summed E-state index contributed by atoms with van der Waals surface area (Å²) in [4.78, 5) is 24.2. The van der Waals surface area contributed by atoms with Crippen molar-refractivity contribution in [3.63, 3.8) is 0 Å². The summed E-state index contributed by atoms with van der Waals surface area (Å²) >= 11 is 5.88. The van der Waals surface area contributed by atoms with Crippen molar-refractivity contribution in [2.75, 3.05) is 14.2 Å². The van der Waals surface area contributed by atoms with Crippen molar-refractivity contribution in [2.24, 2.45) is 0 Å². The van der Waals surface area contributed by atoms with Gasteiger partial charge in [0, 0.05) is 25.2 Å². The maximum atomic E-state index is 11.6. The van der Waals surface area contributed by atoms with E-state index in [1.54, 1.807) is 13.2 Å². The molecule has 6 heteroatoms. The number of halogens is 1. The molecule has 1 heterocycles. The Labute approximate surface area is 109 Å². The molecular formula is C12H12ClNO4. The maximum Gasteiger partial charge on any atom is 0.356 e. The Balaban J connectivity index is 2.58. The number of carbonyl (C=O) groups is 2. The van der Waals surface area contributed by atoms with Crippen molar-refractivity contribution in [1.82, 2.24) is 4.90 Å². The number of carboxylic acid groups (broad SMARTS) is 1. The summed E-state index contributed by atoms with van der Waals surface area (Å²) in [5.74, 6) is -0.955. The van der Waals surface area contributed by atoms with E-state index in [-0.39, 0.29) is 23.7 Å². The molecule has 1 N–H and O–H groups in total. The van der Waals surface area contributed by atoms with Crippen LogP contribution in [0.15, 0.2) is 34.9 Å². The molecule has 2 rings (SSSR count). The van der Waals surface area contributed by atoms with Gasteiger partial charge in [-0.2, -0.15) is 0 Å². The number of aliphatic carboxylic acids is 1. The third-order valence-corrected chi connectivity index (χ3v) is 3.27. The predicted octanol–water partition coefficient (Wildman–Crippen LogP) is 1.26. The monoisotopic (exact) mass is 269 g/mol. The van der Waals surface area contributed by atoms with Crippen LogP contribution in [0.2, 0.25) is 0 Å². The molecule has 0 saturated heterocycles. The number of fused-ring (bicyclic) bond motifs is 1. The minimum absolute atomic E-state index is 0.0331. The average molecular weight is 270 g/mol. The summed E-state index contributed by atoms with van der Waals surface area (Å²) in [6.07, 6.45) is 3.34. The molecule has 1 aliphatic heterocycles. The van der Waals surface area contributed by atoms with Gasteiger partial charge in [0.1, 0.15) is 5.38 Å². The number of hydrogen-bond acceptors (Lipinski definition) is 4. The van der Waals surface area contributed by atoms with Gasteiger partial charge in [-0.3, -0.25) is 4.79 Å². The van der Waals surface area contributed by atoms with Crippen molar-refractivity contribution in [3.05, 3.63) is 34.9 Å². The van der Waals surface area contributed by atoms with Gasteiger partial charge in [0.25, 0.3) is 0 Å². The Morgan fingerprint density at radius 2 is 2.28 bits per heavy atom. The van der Waals surface area contributed by atoms with Crippen LogP contribution >= 0.6 is 11.6 Å². The Kier molecular flexibility index (Phi) is 3.17. The number of methoxy groups -OCH3 is 1. The van der Waals surface area contributed by atoms with Gasteiger partial charge >= 0.3 is 5.97 Å². The molecule has 0 amide bonds. The van der Waals surface area contributed by atoms with Gasteiger partial charge in [0.15, 0.2) is 17.2 Å². The normalized spacial score (nSPS) is 23.4. The molecule has 0 aromatic rings. The van der Waals surface area contributed by atoms with Crippen LogP contribution in [0.25, 0.3) is 0 Å².